The third kappa shape index (κ3) is 4.82. The van der Waals surface area contributed by atoms with Crippen LogP contribution in [0.2, 0.25) is 0 Å². The van der Waals surface area contributed by atoms with Crippen molar-refractivity contribution in [1.82, 2.24) is 19.4 Å². The standard InChI is InChI=1S/C35H41N5O/c1-25-37-32-9-5-6-10-33(32)40(25)31-23-29-15-16-30(24-31)39(29)22-19-35(27-7-3-2-4-8-27)17-20-38(21-18-35)34(41)26-11-13-28(36)14-12-26/h2-14,29-31H,15-24,36H2,1H3/t29-,30+,31+. The topological polar surface area (TPSA) is 67.4 Å². The minimum atomic E-state index is 0.104. The molecule has 3 aliphatic rings. The first-order valence-electron chi connectivity index (χ1n) is 15.4. The van der Waals surface area contributed by atoms with Crippen molar-refractivity contribution >= 4 is 22.6 Å². The van der Waals surface area contributed by atoms with Crippen molar-refractivity contribution in [3.63, 3.8) is 0 Å². The Kier molecular flexibility index (Phi) is 6.82. The summed E-state index contributed by atoms with van der Waals surface area (Å²) >= 11 is 0. The molecule has 3 saturated heterocycles. The van der Waals surface area contributed by atoms with Gasteiger partial charge in [-0.05, 0) is 106 Å². The smallest absolute Gasteiger partial charge is 0.253 e. The van der Waals surface area contributed by atoms with Crippen LogP contribution in [0.15, 0.2) is 78.9 Å². The number of para-hydroxylation sites is 2. The number of piperidine rings is 2. The van der Waals surface area contributed by atoms with E-state index in [1.165, 1.54) is 36.8 Å². The Hall–Kier alpha value is -3.64. The number of hydrogen-bond donors (Lipinski definition) is 1. The van der Waals surface area contributed by atoms with Crippen LogP contribution in [0.4, 0.5) is 5.69 Å². The molecule has 3 aliphatic heterocycles. The number of amides is 1. The number of imidazole rings is 1. The van der Waals surface area contributed by atoms with E-state index >= 15 is 0 Å². The lowest BCUT2D eigenvalue weighted by atomic mass is 9.70. The number of nitrogen functional groups attached to an aromatic ring is 1. The van der Waals surface area contributed by atoms with Crippen molar-refractivity contribution < 1.29 is 4.79 Å². The van der Waals surface area contributed by atoms with Gasteiger partial charge in [-0.15, -0.1) is 0 Å². The average Bonchev–Trinajstić information content (AvgIpc) is 3.47. The third-order valence-electron chi connectivity index (χ3n) is 10.4. The summed E-state index contributed by atoms with van der Waals surface area (Å²) in [6.07, 6.45) is 8.17. The van der Waals surface area contributed by atoms with E-state index in [2.05, 4.69) is 71.0 Å². The van der Waals surface area contributed by atoms with E-state index in [4.69, 9.17) is 10.7 Å². The molecular weight excluding hydrogens is 506 g/mol. The van der Waals surface area contributed by atoms with Gasteiger partial charge in [-0.2, -0.15) is 0 Å². The van der Waals surface area contributed by atoms with Gasteiger partial charge in [0.1, 0.15) is 5.82 Å². The second kappa shape index (κ2) is 10.6. The minimum absolute atomic E-state index is 0.104. The fraction of sp³-hybridized carbons (Fsp3) is 0.429. The van der Waals surface area contributed by atoms with Crippen LogP contribution >= 0.6 is 0 Å². The Morgan fingerprint density at radius 3 is 2.24 bits per heavy atom. The highest BCUT2D eigenvalue weighted by Crippen LogP contribution is 2.45. The van der Waals surface area contributed by atoms with Gasteiger partial charge in [-0.3, -0.25) is 9.69 Å². The Morgan fingerprint density at radius 2 is 1.54 bits per heavy atom. The molecule has 2 bridgehead atoms. The number of hydrogen-bond acceptors (Lipinski definition) is 4. The first-order chi connectivity index (χ1) is 20.0. The summed E-state index contributed by atoms with van der Waals surface area (Å²) in [6.45, 7) is 4.88. The van der Waals surface area contributed by atoms with Crippen molar-refractivity contribution in [3.05, 3.63) is 95.8 Å². The number of aromatic nitrogens is 2. The molecule has 0 aliphatic carbocycles. The summed E-state index contributed by atoms with van der Waals surface area (Å²) in [5, 5.41) is 0. The van der Waals surface area contributed by atoms with E-state index in [9.17, 15) is 4.79 Å². The molecule has 2 N–H and O–H groups in total. The fourth-order valence-corrected chi connectivity index (χ4v) is 8.21. The molecule has 0 radical (unpaired) electrons. The first kappa shape index (κ1) is 26.3. The van der Waals surface area contributed by atoms with Crippen LogP contribution in [-0.2, 0) is 5.41 Å². The highest BCUT2D eigenvalue weighted by Gasteiger charge is 2.44. The molecule has 3 aromatic carbocycles. The summed E-state index contributed by atoms with van der Waals surface area (Å²) in [5.74, 6) is 1.27. The van der Waals surface area contributed by atoms with Gasteiger partial charge in [0.2, 0.25) is 0 Å². The van der Waals surface area contributed by atoms with E-state index in [0.29, 0.717) is 23.8 Å². The van der Waals surface area contributed by atoms with Gasteiger partial charge >= 0.3 is 0 Å². The number of fused-ring (bicyclic) bond motifs is 3. The molecule has 3 atom stereocenters. The molecule has 0 unspecified atom stereocenters. The Balaban J connectivity index is 1.06. The summed E-state index contributed by atoms with van der Waals surface area (Å²) in [5.41, 5.74) is 11.2. The van der Waals surface area contributed by atoms with E-state index < -0.39 is 0 Å². The molecule has 6 heteroatoms. The van der Waals surface area contributed by atoms with Crippen molar-refractivity contribution in [2.75, 3.05) is 25.4 Å². The van der Waals surface area contributed by atoms with Crippen LogP contribution in [0, 0.1) is 6.92 Å². The van der Waals surface area contributed by atoms with E-state index in [0.717, 1.165) is 55.8 Å². The normalized spacial score (nSPS) is 24.1. The Morgan fingerprint density at radius 1 is 0.878 bits per heavy atom. The average molecular weight is 548 g/mol. The predicted molar refractivity (Wildman–Crippen MR) is 165 cm³/mol. The summed E-state index contributed by atoms with van der Waals surface area (Å²) < 4.78 is 2.53. The van der Waals surface area contributed by atoms with Crippen molar-refractivity contribution in [2.24, 2.45) is 0 Å². The zero-order chi connectivity index (χ0) is 28.0. The van der Waals surface area contributed by atoms with Gasteiger partial charge in [0.05, 0.1) is 11.0 Å². The van der Waals surface area contributed by atoms with Crippen molar-refractivity contribution in [3.8, 4) is 0 Å². The molecule has 3 fully saturated rings. The van der Waals surface area contributed by atoms with Gasteiger partial charge < -0.3 is 15.2 Å². The van der Waals surface area contributed by atoms with Crippen LogP contribution in [0.1, 0.15) is 72.7 Å². The summed E-state index contributed by atoms with van der Waals surface area (Å²) in [6, 6.07) is 28.8. The highest BCUT2D eigenvalue weighted by molar-refractivity contribution is 5.94. The maximum atomic E-state index is 13.3. The van der Waals surface area contributed by atoms with Crippen LogP contribution in [0.3, 0.4) is 0 Å². The number of aryl methyl sites for hydroxylation is 1. The molecule has 1 amide bonds. The van der Waals surface area contributed by atoms with E-state index in [1.807, 2.05) is 29.2 Å². The lowest BCUT2D eigenvalue weighted by Gasteiger charge is -2.45. The molecular formula is C35H41N5O. The predicted octanol–water partition coefficient (Wildman–Crippen LogP) is 6.36. The Bertz CT molecular complexity index is 1510. The largest absolute Gasteiger partial charge is 0.399 e. The van der Waals surface area contributed by atoms with Crippen molar-refractivity contribution in [2.45, 2.75) is 75.4 Å². The number of carbonyl (C=O) groups is 1. The van der Waals surface area contributed by atoms with E-state index in [-0.39, 0.29) is 11.3 Å². The summed E-state index contributed by atoms with van der Waals surface area (Å²) in [4.78, 5) is 23.0. The number of benzene rings is 3. The number of nitrogens with two attached hydrogens (primary N) is 1. The van der Waals surface area contributed by atoms with Crippen LogP contribution in [-0.4, -0.2) is 57.0 Å². The maximum Gasteiger partial charge on any atom is 0.253 e. The van der Waals surface area contributed by atoms with Crippen LogP contribution in [0.25, 0.3) is 11.0 Å². The molecule has 4 heterocycles. The molecule has 6 nitrogen and oxygen atoms in total. The minimum Gasteiger partial charge on any atom is -0.399 e. The number of nitrogens with zero attached hydrogens (tertiary/aromatic N) is 4. The maximum absolute atomic E-state index is 13.3. The fourth-order valence-electron chi connectivity index (χ4n) is 8.21. The van der Waals surface area contributed by atoms with Crippen LogP contribution < -0.4 is 5.73 Å². The highest BCUT2D eigenvalue weighted by atomic mass is 16.2. The monoisotopic (exact) mass is 547 g/mol. The SMILES string of the molecule is Cc1nc2ccccc2n1[C@H]1C[C@H]2CC[C@@H](C1)N2CCC1(c2ccccc2)CCN(C(=O)c2ccc(N)cc2)CC1. The Labute approximate surface area is 243 Å². The zero-order valence-electron chi connectivity index (χ0n) is 24.1. The number of carbonyl (C=O) groups excluding carboxylic acids is 1. The van der Waals surface area contributed by atoms with Gasteiger partial charge in [-0.25, -0.2) is 4.98 Å². The summed E-state index contributed by atoms with van der Waals surface area (Å²) in [7, 11) is 0. The lowest BCUT2D eigenvalue weighted by molar-refractivity contribution is 0.0607. The number of likely N-dealkylation sites (tertiary alicyclic amines) is 1. The molecule has 0 spiro atoms. The van der Waals surface area contributed by atoms with E-state index in [1.54, 1.807) is 0 Å². The molecule has 41 heavy (non-hydrogen) atoms. The number of rotatable bonds is 6. The second-order valence-electron chi connectivity index (χ2n) is 12.6. The van der Waals surface area contributed by atoms with Gasteiger partial charge in [0.25, 0.3) is 5.91 Å². The molecule has 1 aromatic heterocycles. The van der Waals surface area contributed by atoms with Gasteiger partial charge in [0.15, 0.2) is 0 Å². The van der Waals surface area contributed by atoms with Crippen molar-refractivity contribution in [1.29, 1.82) is 0 Å². The first-order valence-corrected chi connectivity index (χ1v) is 15.4. The molecule has 212 valence electrons. The second-order valence-corrected chi connectivity index (χ2v) is 12.6. The van der Waals surface area contributed by atoms with Gasteiger partial charge in [-0.1, -0.05) is 42.5 Å². The molecule has 4 aromatic rings. The molecule has 7 rings (SSSR count). The van der Waals surface area contributed by atoms with Crippen LogP contribution in [0.5, 0.6) is 0 Å². The molecule has 0 saturated carbocycles. The lowest BCUT2D eigenvalue weighted by Crippen LogP contribution is -2.49. The quantitative estimate of drug-likeness (QED) is 0.285. The zero-order valence-corrected chi connectivity index (χ0v) is 24.1. The number of anilines is 1. The van der Waals surface area contributed by atoms with Gasteiger partial charge in [0, 0.05) is 42.5 Å². The third-order valence-corrected chi connectivity index (χ3v) is 10.4.